The van der Waals surface area contributed by atoms with E-state index in [9.17, 15) is 29.4 Å². The van der Waals surface area contributed by atoms with Crippen molar-refractivity contribution in [2.75, 3.05) is 7.11 Å². The molecule has 1 N–H and O–H groups in total. The Bertz CT molecular complexity index is 1250. The summed E-state index contributed by atoms with van der Waals surface area (Å²) in [6, 6.07) is 12.4. The number of nitro benzene ring substituents is 2. The maximum atomic E-state index is 12.9. The average Bonchev–Trinajstić information content (AvgIpc) is 2.80. The van der Waals surface area contributed by atoms with Crippen LogP contribution in [0.15, 0.2) is 65.8 Å². The maximum absolute atomic E-state index is 12.9. The molecule has 11 nitrogen and oxygen atoms in total. The molecular weight excluding hydrogens is 439 g/mol. The number of nitro groups is 2. The molecule has 33 heavy (non-hydrogen) atoms. The Morgan fingerprint density at radius 1 is 0.970 bits per heavy atom. The molecule has 0 atom stereocenters. The van der Waals surface area contributed by atoms with Crippen molar-refractivity contribution in [1.29, 1.82) is 0 Å². The zero-order valence-electron chi connectivity index (χ0n) is 16.9. The molecule has 0 bridgehead atoms. The van der Waals surface area contributed by atoms with E-state index < -0.39 is 32.9 Å². The molecule has 0 spiro atoms. The van der Waals surface area contributed by atoms with Crippen LogP contribution in [0.5, 0.6) is 17.2 Å². The van der Waals surface area contributed by atoms with E-state index >= 15 is 0 Å². The standard InChI is InChI=1S/C21H15FN4O7/c1-32-20-10-13(12-23-24-21(27)14-3-5-15(22)6-4-14)2-8-19(20)33-18-9-7-16(25(28)29)11-17(18)26(30)31/h2-12H,1H3,(H,24,27)/b23-12-. The summed E-state index contributed by atoms with van der Waals surface area (Å²) in [6.45, 7) is 0. The highest BCUT2D eigenvalue weighted by atomic mass is 19.1. The Balaban J connectivity index is 1.77. The highest BCUT2D eigenvalue weighted by Crippen LogP contribution is 2.38. The van der Waals surface area contributed by atoms with Crippen molar-refractivity contribution in [2.45, 2.75) is 0 Å². The normalized spacial score (nSPS) is 10.6. The molecule has 0 saturated heterocycles. The summed E-state index contributed by atoms with van der Waals surface area (Å²) in [5.74, 6) is -0.914. The molecule has 0 fully saturated rings. The summed E-state index contributed by atoms with van der Waals surface area (Å²) >= 11 is 0. The second-order valence-electron chi connectivity index (χ2n) is 6.38. The first kappa shape index (κ1) is 22.8. The number of carbonyl (C=O) groups excluding carboxylic acids is 1. The molecule has 0 aromatic heterocycles. The minimum Gasteiger partial charge on any atom is -0.493 e. The highest BCUT2D eigenvalue weighted by molar-refractivity contribution is 5.94. The molecule has 1 amide bonds. The van der Waals surface area contributed by atoms with Crippen molar-refractivity contribution in [1.82, 2.24) is 5.43 Å². The first-order chi connectivity index (χ1) is 15.8. The fourth-order valence-electron chi connectivity index (χ4n) is 2.65. The van der Waals surface area contributed by atoms with E-state index in [-0.39, 0.29) is 22.8 Å². The van der Waals surface area contributed by atoms with E-state index in [1.807, 2.05) is 0 Å². The molecule has 0 aliphatic carbocycles. The number of nitrogens with zero attached hydrogens (tertiary/aromatic N) is 3. The first-order valence-corrected chi connectivity index (χ1v) is 9.16. The average molecular weight is 454 g/mol. The fourth-order valence-corrected chi connectivity index (χ4v) is 2.65. The van der Waals surface area contributed by atoms with Gasteiger partial charge < -0.3 is 9.47 Å². The van der Waals surface area contributed by atoms with Gasteiger partial charge in [0, 0.05) is 11.6 Å². The number of rotatable bonds is 8. The number of carbonyl (C=O) groups is 1. The van der Waals surface area contributed by atoms with Gasteiger partial charge in [-0.15, -0.1) is 0 Å². The largest absolute Gasteiger partial charge is 0.493 e. The van der Waals surface area contributed by atoms with Gasteiger partial charge in [-0.3, -0.25) is 25.0 Å². The van der Waals surface area contributed by atoms with Crippen LogP contribution in [0.25, 0.3) is 0 Å². The molecule has 3 rings (SSSR count). The van der Waals surface area contributed by atoms with Crippen LogP contribution < -0.4 is 14.9 Å². The van der Waals surface area contributed by atoms with Crippen LogP contribution in [0.1, 0.15) is 15.9 Å². The number of ether oxygens (including phenoxy) is 2. The van der Waals surface area contributed by atoms with Gasteiger partial charge in [0.1, 0.15) is 5.82 Å². The SMILES string of the molecule is COc1cc(/C=N\NC(=O)c2ccc(F)cc2)ccc1Oc1ccc([N+](=O)[O-])cc1[N+](=O)[O-]. The van der Waals surface area contributed by atoms with Gasteiger partial charge in [-0.2, -0.15) is 5.10 Å². The molecule has 0 unspecified atom stereocenters. The smallest absolute Gasteiger partial charge is 0.318 e. The number of non-ortho nitro benzene ring substituents is 1. The third-order valence-electron chi connectivity index (χ3n) is 4.24. The molecule has 0 saturated carbocycles. The van der Waals surface area contributed by atoms with Gasteiger partial charge in [-0.05, 0) is 54.1 Å². The quantitative estimate of drug-likeness (QED) is 0.305. The van der Waals surface area contributed by atoms with E-state index in [1.54, 1.807) is 6.07 Å². The van der Waals surface area contributed by atoms with Crippen LogP contribution in [-0.4, -0.2) is 29.1 Å². The number of hydrogen-bond acceptors (Lipinski definition) is 8. The topological polar surface area (TPSA) is 146 Å². The lowest BCUT2D eigenvalue weighted by Gasteiger charge is -2.11. The highest BCUT2D eigenvalue weighted by Gasteiger charge is 2.22. The van der Waals surface area contributed by atoms with Gasteiger partial charge >= 0.3 is 5.69 Å². The van der Waals surface area contributed by atoms with Crippen molar-refractivity contribution in [2.24, 2.45) is 5.10 Å². The van der Waals surface area contributed by atoms with E-state index in [0.29, 0.717) is 5.56 Å². The summed E-state index contributed by atoms with van der Waals surface area (Å²) in [4.78, 5) is 32.6. The summed E-state index contributed by atoms with van der Waals surface area (Å²) in [7, 11) is 1.35. The zero-order chi connectivity index (χ0) is 24.0. The van der Waals surface area contributed by atoms with E-state index in [4.69, 9.17) is 9.47 Å². The van der Waals surface area contributed by atoms with Crippen LogP contribution in [0, 0.1) is 26.0 Å². The molecule has 12 heteroatoms. The van der Waals surface area contributed by atoms with Crippen LogP contribution >= 0.6 is 0 Å². The van der Waals surface area contributed by atoms with Crippen LogP contribution in [0.2, 0.25) is 0 Å². The third-order valence-corrected chi connectivity index (χ3v) is 4.24. The van der Waals surface area contributed by atoms with Gasteiger partial charge in [-0.25, -0.2) is 9.82 Å². The minimum absolute atomic E-state index is 0.113. The fraction of sp³-hybridized carbons (Fsp3) is 0.0476. The monoisotopic (exact) mass is 454 g/mol. The lowest BCUT2D eigenvalue weighted by atomic mass is 10.2. The molecule has 3 aromatic rings. The lowest BCUT2D eigenvalue weighted by Crippen LogP contribution is -2.17. The number of hydrogen-bond donors (Lipinski definition) is 1. The maximum Gasteiger partial charge on any atom is 0.318 e. The molecule has 168 valence electrons. The Morgan fingerprint density at radius 3 is 2.30 bits per heavy atom. The van der Waals surface area contributed by atoms with E-state index in [0.717, 1.165) is 30.3 Å². The zero-order valence-corrected chi connectivity index (χ0v) is 16.9. The van der Waals surface area contributed by atoms with Gasteiger partial charge in [0.25, 0.3) is 11.6 Å². The number of hydrazone groups is 1. The number of amides is 1. The predicted octanol–water partition coefficient (Wildman–Crippen LogP) is 4.21. The Morgan fingerprint density at radius 2 is 1.67 bits per heavy atom. The Labute approximate surface area is 185 Å². The van der Waals surface area contributed by atoms with Crippen molar-refractivity contribution >= 4 is 23.5 Å². The minimum atomic E-state index is -0.792. The Hall–Kier alpha value is -4.87. The molecule has 0 radical (unpaired) electrons. The molecule has 0 aliphatic heterocycles. The number of methoxy groups -OCH3 is 1. The van der Waals surface area contributed by atoms with Gasteiger partial charge in [0.2, 0.25) is 5.75 Å². The predicted molar refractivity (Wildman–Crippen MR) is 114 cm³/mol. The molecule has 0 heterocycles. The van der Waals surface area contributed by atoms with Gasteiger partial charge in [0.05, 0.1) is 29.2 Å². The van der Waals surface area contributed by atoms with Crippen LogP contribution in [-0.2, 0) is 0 Å². The van der Waals surface area contributed by atoms with Crippen molar-refractivity contribution in [3.8, 4) is 17.2 Å². The van der Waals surface area contributed by atoms with Gasteiger partial charge in [-0.1, -0.05) is 0 Å². The second kappa shape index (κ2) is 9.96. The van der Waals surface area contributed by atoms with Crippen molar-refractivity contribution in [3.63, 3.8) is 0 Å². The summed E-state index contributed by atoms with van der Waals surface area (Å²) in [5.41, 5.74) is 1.99. The summed E-state index contributed by atoms with van der Waals surface area (Å²) in [5, 5.41) is 26.0. The first-order valence-electron chi connectivity index (χ1n) is 9.16. The molecular formula is C21H15FN4O7. The third kappa shape index (κ3) is 5.64. The second-order valence-corrected chi connectivity index (χ2v) is 6.38. The van der Waals surface area contributed by atoms with E-state index in [1.165, 1.54) is 37.6 Å². The van der Waals surface area contributed by atoms with Crippen LogP contribution in [0.4, 0.5) is 15.8 Å². The number of benzene rings is 3. The number of halogens is 1. The molecule has 3 aromatic carbocycles. The number of nitrogens with one attached hydrogen (secondary N) is 1. The molecule has 0 aliphatic rings. The lowest BCUT2D eigenvalue weighted by molar-refractivity contribution is -0.394. The Kier molecular flexibility index (Phi) is 6.88. The van der Waals surface area contributed by atoms with Crippen molar-refractivity contribution < 1.29 is 28.5 Å². The van der Waals surface area contributed by atoms with Crippen molar-refractivity contribution in [3.05, 3.63) is 97.8 Å². The summed E-state index contributed by atoms with van der Waals surface area (Å²) in [6.07, 6.45) is 1.32. The van der Waals surface area contributed by atoms with Gasteiger partial charge in [0.15, 0.2) is 11.5 Å². The summed E-state index contributed by atoms with van der Waals surface area (Å²) < 4.78 is 23.7. The van der Waals surface area contributed by atoms with E-state index in [2.05, 4.69) is 10.5 Å². The van der Waals surface area contributed by atoms with Crippen LogP contribution in [0.3, 0.4) is 0 Å².